The molecule has 0 unspecified atom stereocenters. The summed E-state index contributed by atoms with van der Waals surface area (Å²) < 4.78 is 11.1. The maximum atomic E-state index is 10.4. The van der Waals surface area contributed by atoms with E-state index in [9.17, 15) is 4.79 Å². The monoisotopic (exact) mass is 234 g/mol. The normalized spacial score (nSPS) is 17.5. The first-order valence-electron chi connectivity index (χ1n) is 5.33. The zero-order valence-corrected chi connectivity index (χ0v) is 9.77. The van der Waals surface area contributed by atoms with Gasteiger partial charge in [0.15, 0.2) is 0 Å². The Hall–Kier alpha value is -1.81. The third kappa shape index (κ3) is 2.85. The van der Waals surface area contributed by atoms with Crippen LogP contribution in [0.15, 0.2) is 24.3 Å². The standard InChI is InChI=1S/C13H14O4/c1-13(2)16-8-10-7-9(4-6-12(14)15)3-5-11(10)17-13/h3-7H,8H2,1-2H3,(H,14,15). The first kappa shape index (κ1) is 11.7. The van der Waals surface area contributed by atoms with Crippen LogP contribution < -0.4 is 4.74 Å². The highest BCUT2D eigenvalue weighted by Crippen LogP contribution is 2.31. The third-order valence-electron chi connectivity index (χ3n) is 2.43. The number of carboxylic acid groups (broad SMARTS) is 1. The Labute approximate surface area is 99.5 Å². The molecule has 4 heteroatoms. The van der Waals surface area contributed by atoms with E-state index in [2.05, 4.69) is 0 Å². The molecular weight excluding hydrogens is 220 g/mol. The van der Waals surface area contributed by atoms with Crippen molar-refractivity contribution in [1.82, 2.24) is 0 Å². The Morgan fingerprint density at radius 2 is 2.24 bits per heavy atom. The first-order valence-corrected chi connectivity index (χ1v) is 5.33. The SMILES string of the molecule is CC1(C)OCc2cc(C=CC(=O)O)ccc2O1. The highest BCUT2D eigenvalue weighted by molar-refractivity contribution is 5.85. The summed E-state index contributed by atoms with van der Waals surface area (Å²) in [6, 6.07) is 5.52. The Balaban J connectivity index is 2.24. The molecule has 0 radical (unpaired) electrons. The van der Waals surface area contributed by atoms with E-state index in [1.807, 2.05) is 32.0 Å². The summed E-state index contributed by atoms with van der Waals surface area (Å²) in [6.45, 7) is 4.18. The number of hydrogen-bond acceptors (Lipinski definition) is 3. The van der Waals surface area contributed by atoms with E-state index in [1.54, 1.807) is 6.08 Å². The van der Waals surface area contributed by atoms with Crippen LogP contribution in [0.4, 0.5) is 0 Å². The number of carboxylic acids is 1. The zero-order chi connectivity index (χ0) is 12.5. The molecule has 1 aromatic rings. The van der Waals surface area contributed by atoms with Crippen molar-refractivity contribution in [2.45, 2.75) is 26.2 Å². The largest absolute Gasteiger partial charge is 0.478 e. The van der Waals surface area contributed by atoms with Crippen molar-refractivity contribution in [3.05, 3.63) is 35.4 Å². The molecule has 0 bridgehead atoms. The van der Waals surface area contributed by atoms with Crippen molar-refractivity contribution in [3.8, 4) is 5.75 Å². The minimum Gasteiger partial charge on any atom is -0.478 e. The lowest BCUT2D eigenvalue weighted by molar-refractivity contribution is -0.180. The average Bonchev–Trinajstić information content (AvgIpc) is 2.25. The van der Waals surface area contributed by atoms with Crippen LogP contribution in [0.25, 0.3) is 6.08 Å². The quantitative estimate of drug-likeness (QED) is 0.798. The lowest BCUT2D eigenvalue weighted by Crippen LogP contribution is -2.35. The van der Waals surface area contributed by atoms with Gasteiger partial charge in [0.1, 0.15) is 5.75 Å². The Morgan fingerprint density at radius 1 is 1.47 bits per heavy atom. The van der Waals surface area contributed by atoms with Gasteiger partial charge >= 0.3 is 5.97 Å². The van der Waals surface area contributed by atoms with Crippen molar-refractivity contribution in [2.24, 2.45) is 0 Å². The van der Waals surface area contributed by atoms with Gasteiger partial charge in [-0.15, -0.1) is 0 Å². The van der Waals surface area contributed by atoms with Crippen LogP contribution >= 0.6 is 0 Å². The molecule has 1 aliphatic rings. The van der Waals surface area contributed by atoms with Crippen LogP contribution in [0, 0.1) is 0 Å². The minimum absolute atomic E-state index is 0.469. The van der Waals surface area contributed by atoms with Crippen LogP contribution in [0.5, 0.6) is 5.75 Å². The molecule has 4 nitrogen and oxygen atoms in total. The summed E-state index contributed by atoms with van der Waals surface area (Å²) in [4.78, 5) is 10.4. The second-order valence-electron chi connectivity index (χ2n) is 4.33. The molecular formula is C13H14O4. The van der Waals surface area contributed by atoms with Crippen LogP contribution in [-0.2, 0) is 16.1 Å². The summed E-state index contributed by atoms with van der Waals surface area (Å²) in [5, 5.41) is 8.55. The van der Waals surface area contributed by atoms with Crippen molar-refractivity contribution in [1.29, 1.82) is 0 Å². The fourth-order valence-corrected chi connectivity index (χ4v) is 1.63. The molecule has 1 heterocycles. The minimum atomic E-state index is -0.962. The molecule has 17 heavy (non-hydrogen) atoms. The second-order valence-corrected chi connectivity index (χ2v) is 4.33. The molecule has 0 saturated heterocycles. The third-order valence-corrected chi connectivity index (χ3v) is 2.43. The first-order chi connectivity index (χ1) is 7.96. The fraction of sp³-hybridized carbons (Fsp3) is 0.308. The number of fused-ring (bicyclic) bond motifs is 1. The van der Waals surface area contributed by atoms with E-state index in [1.165, 1.54) is 0 Å². The molecule has 0 aromatic heterocycles. The predicted molar refractivity (Wildman–Crippen MR) is 62.6 cm³/mol. The topological polar surface area (TPSA) is 55.8 Å². The lowest BCUT2D eigenvalue weighted by atomic mass is 10.1. The van der Waals surface area contributed by atoms with Gasteiger partial charge in [-0.1, -0.05) is 6.07 Å². The lowest BCUT2D eigenvalue weighted by Gasteiger charge is -2.32. The summed E-state index contributed by atoms with van der Waals surface area (Å²) in [6.07, 6.45) is 2.65. The van der Waals surface area contributed by atoms with Gasteiger partial charge in [-0.05, 0) is 23.8 Å². The Kier molecular flexibility index (Phi) is 2.90. The molecule has 0 fully saturated rings. The molecule has 0 spiro atoms. The second kappa shape index (κ2) is 4.22. The highest BCUT2D eigenvalue weighted by Gasteiger charge is 2.26. The summed E-state index contributed by atoms with van der Waals surface area (Å²) in [5.74, 6) is -0.782. The number of ether oxygens (including phenoxy) is 2. The number of hydrogen-bond donors (Lipinski definition) is 1. The van der Waals surface area contributed by atoms with E-state index in [4.69, 9.17) is 14.6 Å². The van der Waals surface area contributed by atoms with E-state index >= 15 is 0 Å². The summed E-state index contributed by atoms with van der Waals surface area (Å²) >= 11 is 0. The highest BCUT2D eigenvalue weighted by atomic mass is 16.7. The van der Waals surface area contributed by atoms with Crippen molar-refractivity contribution >= 4 is 12.0 Å². The number of carbonyl (C=O) groups is 1. The fourth-order valence-electron chi connectivity index (χ4n) is 1.63. The van der Waals surface area contributed by atoms with E-state index in [0.717, 1.165) is 23.0 Å². The van der Waals surface area contributed by atoms with Gasteiger partial charge in [0, 0.05) is 25.5 Å². The maximum absolute atomic E-state index is 10.4. The molecule has 1 N–H and O–H groups in total. The smallest absolute Gasteiger partial charge is 0.328 e. The molecule has 90 valence electrons. The number of rotatable bonds is 2. The molecule has 2 rings (SSSR count). The van der Waals surface area contributed by atoms with Crippen molar-refractivity contribution in [2.75, 3.05) is 0 Å². The van der Waals surface area contributed by atoms with Gasteiger partial charge in [0.2, 0.25) is 5.79 Å². The van der Waals surface area contributed by atoms with Crippen LogP contribution in [-0.4, -0.2) is 16.9 Å². The van der Waals surface area contributed by atoms with E-state index < -0.39 is 11.8 Å². The van der Waals surface area contributed by atoms with Gasteiger partial charge in [0.05, 0.1) is 6.61 Å². The Bertz CT molecular complexity index is 474. The Morgan fingerprint density at radius 3 is 2.94 bits per heavy atom. The van der Waals surface area contributed by atoms with Crippen LogP contribution in [0.3, 0.4) is 0 Å². The zero-order valence-electron chi connectivity index (χ0n) is 9.77. The average molecular weight is 234 g/mol. The summed E-state index contributed by atoms with van der Waals surface area (Å²) in [7, 11) is 0. The summed E-state index contributed by atoms with van der Waals surface area (Å²) in [5.41, 5.74) is 1.75. The molecule has 1 aromatic carbocycles. The molecule has 0 amide bonds. The van der Waals surface area contributed by atoms with Gasteiger partial charge in [-0.3, -0.25) is 0 Å². The van der Waals surface area contributed by atoms with Crippen molar-refractivity contribution in [3.63, 3.8) is 0 Å². The number of benzene rings is 1. The van der Waals surface area contributed by atoms with E-state index in [-0.39, 0.29) is 0 Å². The maximum Gasteiger partial charge on any atom is 0.328 e. The van der Waals surface area contributed by atoms with Crippen molar-refractivity contribution < 1.29 is 19.4 Å². The predicted octanol–water partition coefficient (Wildman–Crippen LogP) is 2.43. The van der Waals surface area contributed by atoms with Gasteiger partial charge in [-0.25, -0.2) is 4.79 Å². The van der Waals surface area contributed by atoms with Gasteiger partial charge in [0.25, 0.3) is 0 Å². The van der Waals surface area contributed by atoms with Crippen LogP contribution in [0.2, 0.25) is 0 Å². The molecule has 0 aliphatic carbocycles. The van der Waals surface area contributed by atoms with Crippen LogP contribution in [0.1, 0.15) is 25.0 Å². The molecule has 1 aliphatic heterocycles. The van der Waals surface area contributed by atoms with Gasteiger partial charge in [-0.2, -0.15) is 0 Å². The molecule has 0 saturated carbocycles. The molecule has 0 atom stereocenters. The van der Waals surface area contributed by atoms with E-state index in [0.29, 0.717) is 6.61 Å². The number of aliphatic carboxylic acids is 1. The van der Waals surface area contributed by atoms with Gasteiger partial charge < -0.3 is 14.6 Å².